The van der Waals surface area contributed by atoms with E-state index in [0.717, 1.165) is 12.1 Å². The Bertz CT molecular complexity index is 466. The molecule has 84 valence electrons. The van der Waals surface area contributed by atoms with Crippen LogP contribution in [0.2, 0.25) is 0 Å². The molecule has 0 aliphatic carbocycles. The molecule has 0 saturated heterocycles. The van der Waals surface area contributed by atoms with Gasteiger partial charge in [-0.25, -0.2) is 0 Å². The lowest BCUT2D eigenvalue weighted by molar-refractivity contribution is 0.830. The summed E-state index contributed by atoms with van der Waals surface area (Å²) in [5, 5.41) is 0. The second-order valence-corrected chi connectivity index (χ2v) is 4.14. The summed E-state index contributed by atoms with van der Waals surface area (Å²) in [5.74, 6) is 0. The first-order chi connectivity index (χ1) is 7.72. The third-order valence-corrected chi connectivity index (χ3v) is 2.81. The van der Waals surface area contributed by atoms with Gasteiger partial charge in [-0.3, -0.25) is 0 Å². The second kappa shape index (κ2) is 4.44. The van der Waals surface area contributed by atoms with Crippen molar-refractivity contribution in [2.45, 2.75) is 26.7 Å². The zero-order valence-corrected chi connectivity index (χ0v) is 9.90. The highest BCUT2D eigenvalue weighted by molar-refractivity contribution is 5.47. The normalized spacial score (nSPS) is 10.6. The van der Waals surface area contributed by atoms with E-state index in [9.17, 15) is 0 Å². The Balaban J connectivity index is 2.45. The molecule has 2 aromatic rings. The molecule has 2 heteroatoms. The number of rotatable bonds is 3. The van der Waals surface area contributed by atoms with Crippen LogP contribution in [-0.2, 0) is 6.42 Å². The molecule has 0 unspecified atom stereocenters. The summed E-state index contributed by atoms with van der Waals surface area (Å²) < 4.78 is 2.29. The molecule has 1 heterocycles. The summed E-state index contributed by atoms with van der Waals surface area (Å²) in [5.41, 5.74) is 10.3. The van der Waals surface area contributed by atoms with Crippen molar-refractivity contribution in [2.75, 3.05) is 5.73 Å². The molecular formula is C14H18N2. The van der Waals surface area contributed by atoms with Gasteiger partial charge in [-0.05, 0) is 49.7 Å². The monoisotopic (exact) mass is 214 g/mol. The van der Waals surface area contributed by atoms with Gasteiger partial charge in [0.2, 0.25) is 0 Å². The predicted molar refractivity (Wildman–Crippen MR) is 68.9 cm³/mol. The van der Waals surface area contributed by atoms with E-state index in [2.05, 4.69) is 42.7 Å². The van der Waals surface area contributed by atoms with Crippen LogP contribution in [0.4, 0.5) is 5.69 Å². The van der Waals surface area contributed by atoms with Gasteiger partial charge in [0.1, 0.15) is 0 Å². The standard InChI is InChI=1S/C14H18N2/c1-3-4-13-8-5-11(2)16(13)14-9-6-12(15)7-10-14/h5-10H,3-4,15H2,1-2H3. The molecule has 0 bridgehead atoms. The van der Waals surface area contributed by atoms with E-state index in [-0.39, 0.29) is 0 Å². The van der Waals surface area contributed by atoms with Gasteiger partial charge in [0.15, 0.2) is 0 Å². The average molecular weight is 214 g/mol. The highest BCUT2D eigenvalue weighted by Gasteiger charge is 2.05. The van der Waals surface area contributed by atoms with E-state index >= 15 is 0 Å². The first-order valence-corrected chi connectivity index (χ1v) is 5.75. The molecule has 2 nitrogen and oxygen atoms in total. The molecule has 0 spiro atoms. The lowest BCUT2D eigenvalue weighted by Crippen LogP contribution is -2.01. The average Bonchev–Trinajstić information content (AvgIpc) is 2.62. The molecule has 16 heavy (non-hydrogen) atoms. The van der Waals surface area contributed by atoms with Crippen LogP contribution in [0.5, 0.6) is 0 Å². The zero-order valence-electron chi connectivity index (χ0n) is 9.90. The van der Waals surface area contributed by atoms with E-state index in [1.165, 1.54) is 23.5 Å². The van der Waals surface area contributed by atoms with Crippen LogP contribution < -0.4 is 5.73 Å². The van der Waals surface area contributed by atoms with Crippen LogP contribution in [0.25, 0.3) is 5.69 Å². The van der Waals surface area contributed by atoms with Crippen molar-refractivity contribution in [3.05, 3.63) is 47.8 Å². The third-order valence-electron chi connectivity index (χ3n) is 2.81. The lowest BCUT2D eigenvalue weighted by Gasteiger charge is -2.11. The Morgan fingerprint density at radius 2 is 1.75 bits per heavy atom. The van der Waals surface area contributed by atoms with Crippen LogP contribution in [0.1, 0.15) is 24.7 Å². The first-order valence-electron chi connectivity index (χ1n) is 5.75. The molecule has 0 radical (unpaired) electrons. The minimum absolute atomic E-state index is 0.811. The topological polar surface area (TPSA) is 30.9 Å². The Morgan fingerprint density at radius 3 is 2.38 bits per heavy atom. The van der Waals surface area contributed by atoms with E-state index in [0.29, 0.717) is 0 Å². The number of nitrogens with two attached hydrogens (primary N) is 1. The molecule has 2 N–H and O–H groups in total. The van der Waals surface area contributed by atoms with Crippen LogP contribution in [-0.4, -0.2) is 4.57 Å². The van der Waals surface area contributed by atoms with Crippen molar-refractivity contribution in [3.63, 3.8) is 0 Å². The van der Waals surface area contributed by atoms with Gasteiger partial charge in [0, 0.05) is 22.8 Å². The fourth-order valence-electron chi connectivity index (χ4n) is 2.04. The van der Waals surface area contributed by atoms with Gasteiger partial charge in [0.25, 0.3) is 0 Å². The van der Waals surface area contributed by atoms with Gasteiger partial charge in [0.05, 0.1) is 0 Å². The fourth-order valence-corrected chi connectivity index (χ4v) is 2.04. The van der Waals surface area contributed by atoms with Crippen molar-refractivity contribution in [1.82, 2.24) is 4.57 Å². The number of hydrogen-bond acceptors (Lipinski definition) is 1. The van der Waals surface area contributed by atoms with E-state index in [1.807, 2.05) is 12.1 Å². The largest absolute Gasteiger partial charge is 0.399 e. The number of nitrogens with zero attached hydrogens (tertiary/aromatic N) is 1. The quantitative estimate of drug-likeness (QED) is 0.781. The summed E-state index contributed by atoms with van der Waals surface area (Å²) >= 11 is 0. The molecule has 0 aliphatic rings. The van der Waals surface area contributed by atoms with Gasteiger partial charge < -0.3 is 10.3 Å². The number of nitrogen functional groups attached to an aromatic ring is 1. The number of aromatic nitrogens is 1. The number of benzene rings is 1. The fraction of sp³-hybridized carbons (Fsp3) is 0.286. The molecule has 0 amide bonds. The lowest BCUT2D eigenvalue weighted by atomic mass is 10.2. The van der Waals surface area contributed by atoms with Crippen molar-refractivity contribution < 1.29 is 0 Å². The Morgan fingerprint density at radius 1 is 1.06 bits per heavy atom. The summed E-state index contributed by atoms with van der Waals surface area (Å²) in [4.78, 5) is 0. The van der Waals surface area contributed by atoms with Crippen LogP contribution >= 0.6 is 0 Å². The van der Waals surface area contributed by atoms with Gasteiger partial charge >= 0.3 is 0 Å². The van der Waals surface area contributed by atoms with Crippen molar-refractivity contribution >= 4 is 5.69 Å². The second-order valence-electron chi connectivity index (χ2n) is 4.14. The van der Waals surface area contributed by atoms with Gasteiger partial charge in [-0.1, -0.05) is 13.3 Å². The molecule has 0 fully saturated rings. The summed E-state index contributed by atoms with van der Waals surface area (Å²) in [6, 6.07) is 12.4. The van der Waals surface area contributed by atoms with Crippen molar-refractivity contribution in [3.8, 4) is 5.69 Å². The van der Waals surface area contributed by atoms with E-state index in [1.54, 1.807) is 0 Å². The minimum Gasteiger partial charge on any atom is -0.399 e. The predicted octanol–water partition coefficient (Wildman–Crippen LogP) is 3.32. The molecule has 0 saturated carbocycles. The molecule has 1 aromatic carbocycles. The van der Waals surface area contributed by atoms with Crippen molar-refractivity contribution in [1.29, 1.82) is 0 Å². The first kappa shape index (κ1) is 10.8. The van der Waals surface area contributed by atoms with Crippen molar-refractivity contribution in [2.24, 2.45) is 0 Å². The van der Waals surface area contributed by atoms with Crippen LogP contribution in [0.3, 0.4) is 0 Å². The summed E-state index contributed by atoms with van der Waals surface area (Å²) in [6.45, 7) is 4.34. The number of aryl methyl sites for hydroxylation is 2. The smallest absolute Gasteiger partial charge is 0.0456 e. The van der Waals surface area contributed by atoms with Crippen LogP contribution in [0.15, 0.2) is 36.4 Å². The molecule has 0 atom stereocenters. The highest BCUT2D eigenvalue weighted by atomic mass is 15.0. The maximum absolute atomic E-state index is 5.71. The number of hydrogen-bond donors (Lipinski definition) is 1. The molecular weight excluding hydrogens is 196 g/mol. The Hall–Kier alpha value is -1.70. The van der Waals surface area contributed by atoms with Gasteiger partial charge in [-0.2, -0.15) is 0 Å². The maximum Gasteiger partial charge on any atom is 0.0456 e. The third kappa shape index (κ3) is 1.96. The molecule has 1 aromatic heterocycles. The number of anilines is 1. The van der Waals surface area contributed by atoms with Crippen LogP contribution in [0, 0.1) is 6.92 Å². The molecule has 2 rings (SSSR count). The Kier molecular flexibility index (Phi) is 3.00. The summed E-state index contributed by atoms with van der Waals surface area (Å²) in [7, 11) is 0. The zero-order chi connectivity index (χ0) is 11.5. The molecule has 0 aliphatic heterocycles. The SMILES string of the molecule is CCCc1ccc(C)n1-c1ccc(N)cc1. The van der Waals surface area contributed by atoms with E-state index in [4.69, 9.17) is 5.73 Å². The maximum atomic E-state index is 5.71. The minimum atomic E-state index is 0.811. The van der Waals surface area contributed by atoms with E-state index < -0.39 is 0 Å². The van der Waals surface area contributed by atoms with Gasteiger partial charge in [-0.15, -0.1) is 0 Å². The summed E-state index contributed by atoms with van der Waals surface area (Å²) in [6.07, 6.45) is 2.27. The Labute approximate surface area is 96.7 Å². The highest BCUT2D eigenvalue weighted by Crippen LogP contribution is 2.19.